The molecule has 1 aromatic carbocycles. The van der Waals surface area contributed by atoms with Crippen LogP contribution in [-0.2, 0) is 15.6 Å². The summed E-state index contributed by atoms with van der Waals surface area (Å²) in [4.78, 5) is 25.5. The van der Waals surface area contributed by atoms with Crippen LogP contribution in [0.1, 0.15) is 80.4 Å². The second kappa shape index (κ2) is 8.45. The number of pyridine rings is 1. The van der Waals surface area contributed by atoms with E-state index in [-0.39, 0.29) is 17.4 Å². The first-order valence-corrected chi connectivity index (χ1v) is 10.9. The summed E-state index contributed by atoms with van der Waals surface area (Å²) in [7, 11) is 1.63. The third-order valence-electron chi connectivity index (χ3n) is 5.71. The molecule has 0 N–H and O–H groups in total. The number of hydrogen-bond acceptors (Lipinski definition) is 4. The highest BCUT2D eigenvalue weighted by atomic mass is 16.5. The van der Waals surface area contributed by atoms with Gasteiger partial charge in [0.15, 0.2) is 6.29 Å². The van der Waals surface area contributed by atoms with Crippen LogP contribution in [0, 0.1) is 0 Å². The van der Waals surface area contributed by atoms with Crippen LogP contribution >= 0.6 is 0 Å². The maximum absolute atomic E-state index is 13.2. The molecule has 0 spiro atoms. The molecular weight excluding hydrogens is 402 g/mol. The SMILES string of the molecule is CCOC(=O)c1c(-c2cc(C(C)(C)C)cc(C(C)(C)C)c2OC)c(C=O)n2ccccc12. The largest absolute Gasteiger partial charge is 0.496 e. The number of esters is 1. The van der Waals surface area contributed by atoms with Crippen LogP contribution < -0.4 is 4.74 Å². The van der Waals surface area contributed by atoms with Crippen molar-refractivity contribution < 1.29 is 19.1 Å². The lowest BCUT2D eigenvalue weighted by atomic mass is 9.77. The maximum Gasteiger partial charge on any atom is 0.340 e. The minimum atomic E-state index is -0.458. The number of methoxy groups -OCH3 is 1. The fraction of sp³-hybridized carbons (Fsp3) is 0.407. The quantitative estimate of drug-likeness (QED) is 0.354. The van der Waals surface area contributed by atoms with Gasteiger partial charge < -0.3 is 13.9 Å². The van der Waals surface area contributed by atoms with Crippen molar-refractivity contribution in [1.29, 1.82) is 0 Å². The van der Waals surface area contributed by atoms with Gasteiger partial charge in [0.1, 0.15) is 5.75 Å². The minimum absolute atomic E-state index is 0.147. The van der Waals surface area contributed by atoms with Gasteiger partial charge in [-0.2, -0.15) is 0 Å². The third kappa shape index (κ3) is 4.04. The molecule has 0 bridgehead atoms. The Hall–Kier alpha value is -3.08. The summed E-state index contributed by atoms with van der Waals surface area (Å²) in [5, 5.41) is 0. The minimum Gasteiger partial charge on any atom is -0.496 e. The Kier molecular flexibility index (Phi) is 6.23. The Morgan fingerprint density at radius 2 is 1.75 bits per heavy atom. The number of rotatable bonds is 5. The van der Waals surface area contributed by atoms with Crippen LogP contribution in [0.3, 0.4) is 0 Å². The molecule has 0 radical (unpaired) electrons. The van der Waals surface area contributed by atoms with E-state index in [0.29, 0.717) is 28.1 Å². The first-order chi connectivity index (χ1) is 15.0. The van der Waals surface area contributed by atoms with Crippen molar-refractivity contribution >= 4 is 17.8 Å². The summed E-state index contributed by atoms with van der Waals surface area (Å²) < 4.78 is 13.1. The number of fused-ring (bicyclic) bond motifs is 1. The number of hydrogen-bond donors (Lipinski definition) is 0. The summed E-state index contributed by atoms with van der Waals surface area (Å²) in [6.45, 7) is 14.8. The first-order valence-electron chi connectivity index (χ1n) is 10.9. The highest BCUT2D eigenvalue weighted by molar-refractivity contribution is 6.10. The topological polar surface area (TPSA) is 57.0 Å². The molecule has 0 fully saturated rings. The van der Waals surface area contributed by atoms with Gasteiger partial charge in [-0.1, -0.05) is 53.7 Å². The molecule has 0 aliphatic heterocycles. The van der Waals surface area contributed by atoms with E-state index in [9.17, 15) is 9.59 Å². The van der Waals surface area contributed by atoms with Crippen molar-refractivity contribution in [2.75, 3.05) is 13.7 Å². The summed E-state index contributed by atoms with van der Waals surface area (Å²) in [5.41, 5.74) is 4.41. The molecule has 2 heterocycles. The van der Waals surface area contributed by atoms with Gasteiger partial charge in [0, 0.05) is 22.9 Å². The number of aromatic nitrogens is 1. The number of benzene rings is 1. The molecule has 170 valence electrons. The van der Waals surface area contributed by atoms with Gasteiger partial charge >= 0.3 is 5.97 Å². The predicted molar refractivity (Wildman–Crippen MR) is 128 cm³/mol. The molecule has 0 amide bonds. The second-order valence-electron chi connectivity index (χ2n) is 10.0. The maximum atomic E-state index is 13.2. The summed E-state index contributed by atoms with van der Waals surface area (Å²) in [6, 6.07) is 9.72. The number of nitrogens with zero attached hydrogens (tertiary/aromatic N) is 1. The fourth-order valence-electron chi connectivity index (χ4n) is 4.06. The molecule has 0 aliphatic carbocycles. The zero-order valence-electron chi connectivity index (χ0n) is 20.3. The van der Waals surface area contributed by atoms with Gasteiger partial charge in [0.05, 0.1) is 30.5 Å². The highest BCUT2D eigenvalue weighted by Gasteiger charge is 2.32. The van der Waals surface area contributed by atoms with Crippen molar-refractivity contribution in [3.63, 3.8) is 0 Å². The zero-order chi connectivity index (χ0) is 23.8. The van der Waals surface area contributed by atoms with Crippen LogP contribution in [0.25, 0.3) is 16.6 Å². The van der Waals surface area contributed by atoms with E-state index in [1.165, 1.54) is 0 Å². The zero-order valence-corrected chi connectivity index (χ0v) is 20.3. The molecule has 3 rings (SSSR count). The van der Waals surface area contributed by atoms with Crippen LogP contribution in [0.2, 0.25) is 0 Å². The molecule has 32 heavy (non-hydrogen) atoms. The number of carbonyl (C=O) groups is 2. The van der Waals surface area contributed by atoms with E-state index >= 15 is 0 Å². The first kappa shape index (κ1) is 23.6. The Labute approximate surface area is 190 Å². The van der Waals surface area contributed by atoms with Crippen molar-refractivity contribution in [3.8, 4) is 16.9 Å². The summed E-state index contributed by atoms with van der Waals surface area (Å²) >= 11 is 0. The average molecular weight is 436 g/mol. The predicted octanol–water partition coefficient (Wildman–Crippen LogP) is 6.20. The van der Waals surface area contributed by atoms with Gasteiger partial charge in [0.25, 0.3) is 0 Å². The number of ether oxygens (including phenoxy) is 2. The Morgan fingerprint density at radius 3 is 2.28 bits per heavy atom. The average Bonchev–Trinajstić information content (AvgIpc) is 3.05. The van der Waals surface area contributed by atoms with E-state index in [0.717, 1.165) is 23.0 Å². The molecule has 0 atom stereocenters. The second-order valence-corrected chi connectivity index (χ2v) is 10.0. The lowest BCUT2D eigenvalue weighted by Gasteiger charge is -2.29. The lowest BCUT2D eigenvalue weighted by Crippen LogP contribution is -2.18. The van der Waals surface area contributed by atoms with Gasteiger partial charge in [-0.15, -0.1) is 0 Å². The molecular formula is C27H33NO4. The lowest BCUT2D eigenvalue weighted by molar-refractivity contribution is 0.0529. The highest BCUT2D eigenvalue weighted by Crippen LogP contribution is 2.45. The monoisotopic (exact) mass is 435 g/mol. The van der Waals surface area contributed by atoms with Crippen LogP contribution in [0.15, 0.2) is 36.5 Å². The van der Waals surface area contributed by atoms with E-state index < -0.39 is 5.97 Å². The number of carbonyl (C=O) groups excluding carboxylic acids is 2. The molecule has 0 unspecified atom stereocenters. The van der Waals surface area contributed by atoms with E-state index in [4.69, 9.17) is 9.47 Å². The van der Waals surface area contributed by atoms with Crippen molar-refractivity contribution in [3.05, 3.63) is 58.9 Å². The van der Waals surface area contributed by atoms with E-state index in [1.807, 2.05) is 24.3 Å². The van der Waals surface area contributed by atoms with Crippen molar-refractivity contribution in [2.45, 2.75) is 59.3 Å². The number of aldehydes is 1. The third-order valence-corrected chi connectivity index (χ3v) is 5.71. The van der Waals surface area contributed by atoms with E-state index in [1.54, 1.807) is 24.6 Å². The Morgan fingerprint density at radius 1 is 1.06 bits per heavy atom. The molecule has 3 aromatic rings. The summed E-state index contributed by atoms with van der Waals surface area (Å²) in [5.74, 6) is 0.204. The smallest absolute Gasteiger partial charge is 0.340 e. The van der Waals surface area contributed by atoms with Gasteiger partial charge in [-0.3, -0.25) is 4.79 Å². The van der Waals surface area contributed by atoms with Crippen LogP contribution in [-0.4, -0.2) is 30.4 Å². The van der Waals surface area contributed by atoms with Crippen LogP contribution in [0.4, 0.5) is 0 Å². The Balaban J connectivity index is 2.57. The molecule has 2 aromatic heterocycles. The summed E-state index contributed by atoms with van der Waals surface area (Å²) in [6.07, 6.45) is 2.58. The van der Waals surface area contributed by atoms with Crippen molar-refractivity contribution in [2.24, 2.45) is 0 Å². The van der Waals surface area contributed by atoms with Gasteiger partial charge in [-0.25, -0.2) is 4.79 Å². The van der Waals surface area contributed by atoms with E-state index in [2.05, 4.69) is 47.6 Å². The normalized spacial score (nSPS) is 12.1. The molecule has 5 nitrogen and oxygen atoms in total. The molecule has 0 saturated heterocycles. The molecule has 0 saturated carbocycles. The molecule has 0 aliphatic rings. The van der Waals surface area contributed by atoms with Gasteiger partial charge in [0.2, 0.25) is 0 Å². The van der Waals surface area contributed by atoms with Crippen LogP contribution in [0.5, 0.6) is 5.75 Å². The fourth-order valence-corrected chi connectivity index (χ4v) is 4.06. The molecule has 5 heteroatoms. The van der Waals surface area contributed by atoms with Crippen molar-refractivity contribution in [1.82, 2.24) is 4.40 Å². The van der Waals surface area contributed by atoms with Gasteiger partial charge in [-0.05, 0) is 41.5 Å². The Bertz CT molecular complexity index is 1170. The standard InChI is InChI=1S/C27H33NO4/c1-9-32-25(30)23-20-12-10-11-13-28(20)21(16-29)22(23)18-14-17(26(2,3)4)15-19(24(18)31-8)27(5,6)7/h10-16H,9H2,1-8H3.